The van der Waals surface area contributed by atoms with Gasteiger partial charge in [0.05, 0.1) is 12.2 Å². The first kappa shape index (κ1) is 21.8. The summed E-state index contributed by atoms with van der Waals surface area (Å²) in [7, 11) is 3.44. The first-order valence-electron chi connectivity index (χ1n) is 10.7. The molecule has 2 N–H and O–H groups in total. The van der Waals surface area contributed by atoms with Crippen molar-refractivity contribution in [2.75, 3.05) is 14.2 Å². The minimum atomic E-state index is 0.235. The van der Waals surface area contributed by atoms with E-state index in [1.807, 2.05) is 41.1 Å². The summed E-state index contributed by atoms with van der Waals surface area (Å²) >= 11 is 0. The van der Waals surface area contributed by atoms with Crippen molar-refractivity contribution in [1.29, 1.82) is 0 Å². The second-order valence-electron chi connectivity index (χ2n) is 7.62. The Bertz CT molecular complexity index is 1040. The molecule has 3 aromatic rings. The molecule has 1 aromatic carbocycles. The largest absolute Gasteiger partial charge is 0.487 e. The smallest absolute Gasteiger partial charge is 0.191 e. The van der Waals surface area contributed by atoms with E-state index in [4.69, 9.17) is 9.47 Å². The summed E-state index contributed by atoms with van der Waals surface area (Å²) in [6, 6.07) is 14.1. The van der Waals surface area contributed by atoms with E-state index in [2.05, 4.69) is 36.8 Å². The van der Waals surface area contributed by atoms with Gasteiger partial charge in [-0.1, -0.05) is 18.2 Å². The Morgan fingerprint density at radius 3 is 2.97 bits per heavy atom. The lowest BCUT2D eigenvalue weighted by atomic mass is 10.1. The molecule has 4 rings (SSSR count). The van der Waals surface area contributed by atoms with Crippen LogP contribution in [0.3, 0.4) is 0 Å². The second-order valence-corrected chi connectivity index (χ2v) is 7.62. The molecule has 1 aliphatic rings. The van der Waals surface area contributed by atoms with Gasteiger partial charge in [-0.15, -0.1) is 0 Å². The van der Waals surface area contributed by atoms with Gasteiger partial charge < -0.3 is 20.1 Å². The molecule has 2 aromatic heterocycles. The molecule has 9 nitrogen and oxygen atoms in total. The molecule has 1 aliphatic heterocycles. The highest BCUT2D eigenvalue weighted by molar-refractivity contribution is 5.79. The maximum atomic E-state index is 5.88. The van der Waals surface area contributed by atoms with Gasteiger partial charge in [0, 0.05) is 39.4 Å². The van der Waals surface area contributed by atoms with Crippen molar-refractivity contribution < 1.29 is 9.47 Å². The Balaban J connectivity index is 1.28. The molecular weight excluding hydrogens is 406 g/mol. The van der Waals surface area contributed by atoms with Crippen molar-refractivity contribution in [3.8, 4) is 5.75 Å². The van der Waals surface area contributed by atoms with Crippen molar-refractivity contribution in [2.45, 2.75) is 45.2 Å². The Hall–Kier alpha value is -3.46. The van der Waals surface area contributed by atoms with E-state index in [9.17, 15) is 0 Å². The zero-order chi connectivity index (χ0) is 22.2. The van der Waals surface area contributed by atoms with Crippen molar-refractivity contribution in [3.05, 3.63) is 71.6 Å². The fraction of sp³-hybridized carbons (Fsp3) is 0.391. The number of aryl methyl sites for hydroxylation is 1. The van der Waals surface area contributed by atoms with Gasteiger partial charge >= 0.3 is 0 Å². The Kier molecular flexibility index (Phi) is 7.29. The van der Waals surface area contributed by atoms with Crippen molar-refractivity contribution >= 4 is 5.96 Å². The fourth-order valence-corrected chi connectivity index (χ4v) is 3.63. The number of hydrogen-bond donors (Lipinski definition) is 2. The first-order valence-corrected chi connectivity index (χ1v) is 10.7. The number of methoxy groups -OCH3 is 1. The van der Waals surface area contributed by atoms with E-state index in [-0.39, 0.29) is 6.04 Å². The first-order chi connectivity index (χ1) is 15.7. The van der Waals surface area contributed by atoms with Gasteiger partial charge in [0.15, 0.2) is 11.8 Å². The van der Waals surface area contributed by atoms with E-state index >= 15 is 0 Å². The molecule has 1 atom stereocenters. The molecule has 0 saturated carbocycles. The number of fused-ring (bicyclic) bond motifs is 1. The summed E-state index contributed by atoms with van der Waals surface area (Å²) in [5.74, 6) is 3.32. The number of ether oxygens (including phenoxy) is 2. The molecule has 3 heterocycles. The van der Waals surface area contributed by atoms with Gasteiger partial charge in [-0.25, -0.2) is 9.67 Å². The topological polar surface area (TPSA) is 98.5 Å². The SMILES string of the molecule is CN=C(NCc1cccc(OCc2ccccn2)c1)NC1CCc2nc(COC)nn2C1. The van der Waals surface area contributed by atoms with Crippen LogP contribution in [0.4, 0.5) is 0 Å². The van der Waals surface area contributed by atoms with Crippen LogP contribution < -0.4 is 15.4 Å². The van der Waals surface area contributed by atoms with E-state index < -0.39 is 0 Å². The summed E-state index contributed by atoms with van der Waals surface area (Å²) in [6.07, 6.45) is 3.62. The van der Waals surface area contributed by atoms with Crippen LogP contribution >= 0.6 is 0 Å². The van der Waals surface area contributed by atoms with Gasteiger partial charge in [0.1, 0.15) is 24.8 Å². The third-order valence-electron chi connectivity index (χ3n) is 5.21. The molecule has 0 spiro atoms. The fourth-order valence-electron chi connectivity index (χ4n) is 3.63. The highest BCUT2D eigenvalue weighted by atomic mass is 16.5. The number of aromatic nitrogens is 4. The normalized spacial score (nSPS) is 15.8. The van der Waals surface area contributed by atoms with Crippen LogP contribution in [-0.4, -0.2) is 45.9 Å². The van der Waals surface area contributed by atoms with Crippen LogP contribution in [0.5, 0.6) is 5.75 Å². The number of pyridine rings is 1. The van der Waals surface area contributed by atoms with Crippen LogP contribution in [-0.2, 0) is 37.5 Å². The highest BCUT2D eigenvalue weighted by Gasteiger charge is 2.22. The number of rotatable bonds is 8. The minimum Gasteiger partial charge on any atom is -0.487 e. The number of benzene rings is 1. The second kappa shape index (κ2) is 10.7. The van der Waals surface area contributed by atoms with Crippen LogP contribution in [0, 0.1) is 0 Å². The van der Waals surface area contributed by atoms with E-state index in [0.717, 1.165) is 54.0 Å². The quantitative estimate of drug-likeness (QED) is 0.413. The van der Waals surface area contributed by atoms with Gasteiger partial charge in [-0.05, 0) is 36.2 Å². The summed E-state index contributed by atoms with van der Waals surface area (Å²) in [5.41, 5.74) is 2.01. The number of aliphatic imine (C=N–C) groups is 1. The molecule has 9 heteroatoms. The van der Waals surface area contributed by atoms with E-state index in [0.29, 0.717) is 19.8 Å². The predicted molar refractivity (Wildman–Crippen MR) is 121 cm³/mol. The van der Waals surface area contributed by atoms with Crippen LogP contribution in [0.15, 0.2) is 53.7 Å². The lowest BCUT2D eigenvalue weighted by Crippen LogP contribution is -2.46. The maximum Gasteiger partial charge on any atom is 0.191 e. The molecule has 0 aliphatic carbocycles. The monoisotopic (exact) mass is 435 g/mol. The van der Waals surface area contributed by atoms with E-state index in [1.54, 1.807) is 20.4 Å². The molecule has 0 bridgehead atoms. The molecule has 0 radical (unpaired) electrons. The molecule has 32 heavy (non-hydrogen) atoms. The number of nitrogens with one attached hydrogen (secondary N) is 2. The molecule has 0 fully saturated rings. The van der Waals surface area contributed by atoms with Gasteiger partial charge in [-0.3, -0.25) is 9.98 Å². The van der Waals surface area contributed by atoms with Crippen molar-refractivity contribution in [1.82, 2.24) is 30.4 Å². The summed E-state index contributed by atoms with van der Waals surface area (Å²) in [6.45, 7) is 2.27. The molecule has 1 unspecified atom stereocenters. The maximum absolute atomic E-state index is 5.88. The number of nitrogens with zero attached hydrogens (tertiary/aromatic N) is 5. The highest BCUT2D eigenvalue weighted by Crippen LogP contribution is 2.15. The standard InChI is InChI=1S/C23H29N7O2/c1-24-23(27-18-9-10-22-28-21(16-31-2)29-30(22)14-18)26-13-17-6-5-8-20(12-17)32-15-19-7-3-4-11-25-19/h3-8,11-12,18H,9-10,13-16H2,1-2H3,(H2,24,26,27). The molecule has 168 valence electrons. The Morgan fingerprint density at radius 2 is 2.16 bits per heavy atom. The average Bonchev–Trinajstić information content (AvgIpc) is 3.23. The van der Waals surface area contributed by atoms with E-state index in [1.165, 1.54) is 0 Å². The third kappa shape index (κ3) is 5.82. The predicted octanol–water partition coefficient (Wildman–Crippen LogP) is 2.08. The summed E-state index contributed by atoms with van der Waals surface area (Å²) < 4.78 is 13.0. The number of hydrogen-bond acceptors (Lipinski definition) is 6. The van der Waals surface area contributed by atoms with Crippen LogP contribution in [0.25, 0.3) is 0 Å². The lowest BCUT2D eigenvalue weighted by Gasteiger charge is -2.25. The van der Waals surface area contributed by atoms with Crippen LogP contribution in [0.2, 0.25) is 0 Å². The average molecular weight is 436 g/mol. The molecule has 0 amide bonds. The summed E-state index contributed by atoms with van der Waals surface area (Å²) in [4.78, 5) is 13.2. The minimum absolute atomic E-state index is 0.235. The number of guanidine groups is 1. The third-order valence-corrected chi connectivity index (χ3v) is 5.21. The van der Waals surface area contributed by atoms with Gasteiger partial charge in [0.25, 0.3) is 0 Å². The van der Waals surface area contributed by atoms with Gasteiger partial charge in [-0.2, -0.15) is 5.10 Å². The Labute approximate surface area is 187 Å². The Morgan fingerprint density at radius 1 is 1.22 bits per heavy atom. The molecular formula is C23H29N7O2. The van der Waals surface area contributed by atoms with Crippen molar-refractivity contribution in [3.63, 3.8) is 0 Å². The zero-order valence-corrected chi connectivity index (χ0v) is 18.5. The van der Waals surface area contributed by atoms with Crippen LogP contribution in [0.1, 0.15) is 29.3 Å². The van der Waals surface area contributed by atoms with Crippen molar-refractivity contribution in [2.24, 2.45) is 4.99 Å². The lowest BCUT2D eigenvalue weighted by molar-refractivity contribution is 0.177. The van der Waals surface area contributed by atoms with Gasteiger partial charge in [0.2, 0.25) is 0 Å². The zero-order valence-electron chi connectivity index (χ0n) is 18.5. The summed E-state index contributed by atoms with van der Waals surface area (Å²) in [5, 5.41) is 11.4. The molecule has 0 saturated heterocycles.